The van der Waals surface area contributed by atoms with E-state index in [1.54, 1.807) is 6.07 Å². The van der Waals surface area contributed by atoms with Crippen molar-refractivity contribution in [3.8, 4) is 6.07 Å². The van der Waals surface area contributed by atoms with Gasteiger partial charge in [-0.05, 0) is 68.0 Å². The van der Waals surface area contributed by atoms with Crippen molar-refractivity contribution in [2.24, 2.45) is 0 Å². The average molecular weight is 677 g/mol. The molecule has 3 saturated heterocycles. The number of carbonyl (C=O) groups excluding carboxylic acids is 1. The lowest BCUT2D eigenvalue weighted by atomic mass is 10.0. The summed E-state index contributed by atoms with van der Waals surface area (Å²) in [6, 6.07) is 11.0. The molecule has 13 heteroatoms. The van der Waals surface area contributed by atoms with Gasteiger partial charge in [0.05, 0.1) is 11.8 Å². The second kappa shape index (κ2) is 13.1. The van der Waals surface area contributed by atoms with E-state index in [-0.39, 0.29) is 28.9 Å². The number of piperazine rings is 1. The van der Waals surface area contributed by atoms with E-state index in [9.17, 15) is 23.2 Å². The number of fused-ring (bicyclic) bond motifs is 4. The van der Waals surface area contributed by atoms with Crippen LogP contribution in [-0.2, 0) is 24.3 Å². The molecule has 252 valence electrons. The Labute approximate surface area is 281 Å². The molecule has 4 aromatic rings. The molecular weight excluding hydrogens is 638 g/mol. The van der Waals surface area contributed by atoms with Crippen molar-refractivity contribution in [3.05, 3.63) is 64.9 Å². The van der Waals surface area contributed by atoms with Crippen molar-refractivity contribution in [1.82, 2.24) is 29.2 Å². The van der Waals surface area contributed by atoms with Crippen molar-refractivity contribution in [2.75, 3.05) is 38.0 Å². The van der Waals surface area contributed by atoms with E-state index in [0.29, 0.717) is 28.3 Å². The summed E-state index contributed by atoms with van der Waals surface area (Å²) in [6.45, 7) is 11.6. The summed E-state index contributed by atoms with van der Waals surface area (Å²) in [7, 11) is 0. The van der Waals surface area contributed by atoms with Gasteiger partial charge in [-0.2, -0.15) is 18.4 Å². The SMILES string of the molecule is C=CC(=O)N1C2CCC1CN(CCn1c(C#N)cc3c(C)c(CN4CCC(Nc5ncnc6sc(CC(F)(F)F)cc56)CC4)ccc31)C2. The molecule has 3 aliphatic rings. The van der Waals surface area contributed by atoms with Gasteiger partial charge in [0.1, 0.15) is 28.7 Å². The predicted molar refractivity (Wildman–Crippen MR) is 181 cm³/mol. The Kier molecular flexibility index (Phi) is 8.91. The lowest BCUT2D eigenvalue weighted by molar-refractivity contribution is -0.131. The minimum absolute atomic E-state index is 0.0312. The topological polar surface area (TPSA) is 93.3 Å². The van der Waals surface area contributed by atoms with Crippen LogP contribution in [0, 0.1) is 18.3 Å². The fourth-order valence-electron chi connectivity index (χ4n) is 7.88. The fourth-order valence-corrected chi connectivity index (χ4v) is 8.91. The molecule has 0 spiro atoms. The molecular formula is C35H39F3N8OS. The van der Waals surface area contributed by atoms with Gasteiger partial charge < -0.3 is 14.8 Å². The number of benzene rings is 1. The van der Waals surface area contributed by atoms with Crippen LogP contribution in [0.15, 0.2) is 43.2 Å². The molecule has 0 aliphatic carbocycles. The number of amides is 1. The number of halogens is 3. The third-order valence-electron chi connectivity index (χ3n) is 10.3. The van der Waals surface area contributed by atoms with E-state index in [4.69, 9.17) is 0 Å². The summed E-state index contributed by atoms with van der Waals surface area (Å²) < 4.78 is 41.0. The van der Waals surface area contributed by atoms with Crippen LogP contribution < -0.4 is 5.32 Å². The van der Waals surface area contributed by atoms with Crippen molar-refractivity contribution in [3.63, 3.8) is 0 Å². The molecule has 48 heavy (non-hydrogen) atoms. The predicted octanol–water partition coefficient (Wildman–Crippen LogP) is 5.87. The van der Waals surface area contributed by atoms with E-state index in [0.717, 1.165) is 87.2 Å². The van der Waals surface area contributed by atoms with Crippen LogP contribution in [0.4, 0.5) is 19.0 Å². The summed E-state index contributed by atoms with van der Waals surface area (Å²) in [5.41, 5.74) is 4.16. The lowest BCUT2D eigenvalue weighted by Gasteiger charge is -2.40. The molecule has 7 rings (SSSR count). The van der Waals surface area contributed by atoms with Crippen molar-refractivity contribution in [2.45, 2.75) is 76.4 Å². The van der Waals surface area contributed by atoms with Crippen molar-refractivity contribution >= 4 is 44.2 Å². The first kappa shape index (κ1) is 32.6. The second-order valence-electron chi connectivity index (χ2n) is 13.3. The number of hydrogen-bond acceptors (Lipinski definition) is 8. The number of rotatable bonds is 9. The summed E-state index contributed by atoms with van der Waals surface area (Å²) >= 11 is 1.07. The van der Waals surface area contributed by atoms with E-state index < -0.39 is 12.6 Å². The molecule has 2 atom stereocenters. The molecule has 1 amide bonds. The van der Waals surface area contributed by atoms with Gasteiger partial charge in [-0.15, -0.1) is 11.3 Å². The average Bonchev–Trinajstić information content (AvgIpc) is 3.72. The number of nitrogens with zero attached hydrogens (tertiary/aromatic N) is 7. The number of aromatic nitrogens is 3. The molecule has 3 aliphatic heterocycles. The molecule has 6 heterocycles. The van der Waals surface area contributed by atoms with Crippen molar-refractivity contribution < 1.29 is 18.0 Å². The standard InChI is InChI=1S/C35H39F3N8OS/c1-3-32(47)46-25-5-6-26(46)20-44(19-25)12-13-45-27(17-39)14-29-22(2)23(4-7-31(29)45)18-43-10-8-24(9-11-43)42-33-30-15-28(16-35(36,37)38)48-34(30)41-21-40-33/h3-4,7,14-15,21,24-26H,1,5-6,8-13,16,18-20H2,2H3,(H,40,41,42). The Bertz CT molecular complexity index is 1870. The van der Waals surface area contributed by atoms with Crippen LogP contribution in [0.2, 0.25) is 0 Å². The Morgan fingerprint density at radius 3 is 2.52 bits per heavy atom. The van der Waals surface area contributed by atoms with Crippen LogP contribution in [0.5, 0.6) is 0 Å². The zero-order chi connectivity index (χ0) is 33.6. The number of hydrogen-bond donors (Lipinski definition) is 1. The van der Waals surface area contributed by atoms with Crippen LogP contribution in [-0.4, -0.2) is 92.2 Å². The Morgan fingerprint density at radius 1 is 1.08 bits per heavy atom. The number of piperidine rings is 1. The van der Waals surface area contributed by atoms with Gasteiger partial charge in [-0.25, -0.2) is 9.97 Å². The molecule has 2 bridgehead atoms. The quantitative estimate of drug-likeness (QED) is 0.222. The molecule has 3 aromatic heterocycles. The van der Waals surface area contributed by atoms with Crippen LogP contribution in [0.3, 0.4) is 0 Å². The van der Waals surface area contributed by atoms with E-state index >= 15 is 0 Å². The number of alkyl halides is 3. The highest BCUT2D eigenvalue weighted by molar-refractivity contribution is 7.18. The number of likely N-dealkylation sites (tertiary alicyclic amines) is 2. The minimum Gasteiger partial charge on any atom is -0.367 e. The molecule has 0 radical (unpaired) electrons. The Hall–Kier alpha value is -3.99. The largest absolute Gasteiger partial charge is 0.393 e. The minimum atomic E-state index is -4.26. The van der Waals surface area contributed by atoms with Crippen LogP contribution >= 0.6 is 11.3 Å². The van der Waals surface area contributed by atoms with Gasteiger partial charge in [0, 0.05) is 79.7 Å². The fraction of sp³-hybridized carbons (Fsp3) is 0.486. The summed E-state index contributed by atoms with van der Waals surface area (Å²) in [4.78, 5) is 28.6. The maximum atomic E-state index is 13.0. The van der Waals surface area contributed by atoms with Crippen LogP contribution in [0.1, 0.15) is 47.4 Å². The highest BCUT2D eigenvalue weighted by atomic mass is 32.1. The van der Waals surface area contributed by atoms with E-state index in [1.807, 2.05) is 11.0 Å². The van der Waals surface area contributed by atoms with Gasteiger partial charge in [0.15, 0.2) is 0 Å². The van der Waals surface area contributed by atoms with E-state index in [1.165, 1.54) is 23.5 Å². The van der Waals surface area contributed by atoms with Gasteiger partial charge in [0.25, 0.3) is 0 Å². The zero-order valence-electron chi connectivity index (χ0n) is 27.0. The normalized spacial score (nSPS) is 20.9. The number of aryl methyl sites for hydroxylation is 1. The Balaban J connectivity index is 0.973. The number of anilines is 1. The highest BCUT2D eigenvalue weighted by Gasteiger charge is 2.41. The molecule has 0 saturated carbocycles. The summed E-state index contributed by atoms with van der Waals surface area (Å²) in [5.74, 6) is 0.628. The number of nitrogens with one attached hydrogen (secondary N) is 1. The molecule has 2 unspecified atom stereocenters. The van der Waals surface area contributed by atoms with Gasteiger partial charge in [0.2, 0.25) is 5.91 Å². The maximum Gasteiger partial charge on any atom is 0.393 e. The number of thiophene rings is 1. The smallest absolute Gasteiger partial charge is 0.367 e. The number of carbonyl (C=O) groups is 1. The van der Waals surface area contributed by atoms with Crippen molar-refractivity contribution in [1.29, 1.82) is 5.26 Å². The molecule has 9 nitrogen and oxygen atoms in total. The van der Waals surface area contributed by atoms with Gasteiger partial charge >= 0.3 is 6.18 Å². The van der Waals surface area contributed by atoms with E-state index in [2.05, 4.69) is 61.4 Å². The first-order valence-electron chi connectivity index (χ1n) is 16.6. The van der Waals surface area contributed by atoms with Gasteiger partial charge in [-0.1, -0.05) is 12.6 Å². The lowest BCUT2D eigenvalue weighted by Crippen LogP contribution is -2.55. The first-order valence-corrected chi connectivity index (χ1v) is 17.4. The molecule has 1 N–H and O–H groups in total. The number of nitriles is 1. The third kappa shape index (κ3) is 6.53. The molecule has 1 aromatic carbocycles. The maximum absolute atomic E-state index is 13.0. The van der Waals surface area contributed by atoms with Gasteiger partial charge in [-0.3, -0.25) is 14.6 Å². The monoisotopic (exact) mass is 676 g/mol. The summed E-state index contributed by atoms with van der Waals surface area (Å²) in [5, 5.41) is 15.3. The zero-order valence-corrected chi connectivity index (χ0v) is 27.8. The molecule has 3 fully saturated rings. The Morgan fingerprint density at radius 2 is 1.83 bits per heavy atom. The van der Waals surface area contributed by atoms with Crippen LogP contribution in [0.25, 0.3) is 21.1 Å². The third-order valence-corrected chi connectivity index (χ3v) is 11.3. The first-order chi connectivity index (χ1) is 23.1. The second-order valence-corrected chi connectivity index (χ2v) is 14.4. The summed E-state index contributed by atoms with van der Waals surface area (Å²) in [6.07, 6.45) is 1.46. The highest BCUT2D eigenvalue weighted by Crippen LogP contribution is 2.34.